The lowest BCUT2D eigenvalue weighted by Crippen LogP contribution is -2.30. The summed E-state index contributed by atoms with van der Waals surface area (Å²) in [5.74, 6) is 3.28. The summed E-state index contributed by atoms with van der Waals surface area (Å²) in [6, 6.07) is 1.70. The summed E-state index contributed by atoms with van der Waals surface area (Å²) in [6.45, 7) is 2.64. The molecule has 0 aromatic carbocycles. The summed E-state index contributed by atoms with van der Waals surface area (Å²) in [5.41, 5.74) is 0.587. The van der Waals surface area contributed by atoms with E-state index in [9.17, 15) is 4.79 Å². The van der Waals surface area contributed by atoms with Gasteiger partial charge in [0.25, 0.3) is 0 Å². The van der Waals surface area contributed by atoms with Crippen molar-refractivity contribution in [3.8, 4) is 12.3 Å². The van der Waals surface area contributed by atoms with Gasteiger partial charge in [0.05, 0.1) is 18.7 Å². The third-order valence-corrected chi connectivity index (χ3v) is 2.99. The summed E-state index contributed by atoms with van der Waals surface area (Å²) >= 11 is 0. The van der Waals surface area contributed by atoms with Gasteiger partial charge in [-0.1, -0.05) is 11.1 Å². The van der Waals surface area contributed by atoms with Crippen LogP contribution in [0.2, 0.25) is 0 Å². The topological polar surface area (TPSA) is 73.6 Å². The van der Waals surface area contributed by atoms with Gasteiger partial charge >= 0.3 is 0 Å². The van der Waals surface area contributed by atoms with Crippen molar-refractivity contribution in [3.05, 3.63) is 17.5 Å². The quantitative estimate of drug-likeness (QED) is 0.581. The van der Waals surface area contributed by atoms with Crippen LogP contribution in [0.4, 0.5) is 0 Å². The molecule has 1 N–H and O–H groups in total. The molecule has 2 rings (SSSR count). The maximum atomic E-state index is 11.7. The molecule has 1 aliphatic heterocycles. The Morgan fingerprint density at radius 3 is 3.30 bits per heavy atom. The second-order valence-electron chi connectivity index (χ2n) is 4.69. The Balaban J connectivity index is 1.69. The van der Waals surface area contributed by atoms with Crippen molar-refractivity contribution in [3.63, 3.8) is 0 Å². The van der Waals surface area contributed by atoms with Gasteiger partial charge in [0, 0.05) is 25.1 Å². The molecule has 6 heteroatoms. The number of hydrogen-bond donors (Lipinski definition) is 1. The predicted octanol–water partition coefficient (Wildman–Crippen LogP) is 0.520. The molecule has 1 atom stereocenters. The lowest BCUT2D eigenvalue weighted by molar-refractivity contribution is -0.120. The summed E-state index contributed by atoms with van der Waals surface area (Å²) < 4.78 is 15.4. The van der Waals surface area contributed by atoms with Gasteiger partial charge in [-0.3, -0.25) is 4.79 Å². The third kappa shape index (κ3) is 4.68. The van der Waals surface area contributed by atoms with Crippen molar-refractivity contribution < 1.29 is 18.8 Å². The first kappa shape index (κ1) is 14.6. The van der Waals surface area contributed by atoms with Crippen molar-refractivity contribution in [1.29, 1.82) is 0 Å². The summed E-state index contributed by atoms with van der Waals surface area (Å²) in [7, 11) is 0. The highest BCUT2D eigenvalue weighted by Crippen LogP contribution is 2.11. The zero-order chi connectivity index (χ0) is 14.2. The standard InChI is InChI=1S/C14H18N2O4/c1-2-4-18-10-13-6-12(16-20-13)7-14(17)15-8-11-3-5-19-9-11/h1,6,11H,3-5,7-10H2,(H,15,17). The monoisotopic (exact) mass is 278 g/mol. The first-order valence-corrected chi connectivity index (χ1v) is 6.58. The number of terminal acetylenes is 1. The largest absolute Gasteiger partial charge is 0.381 e. The van der Waals surface area contributed by atoms with Gasteiger partial charge in [-0.15, -0.1) is 6.42 Å². The van der Waals surface area contributed by atoms with Crippen molar-refractivity contribution in [2.24, 2.45) is 5.92 Å². The van der Waals surface area contributed by atoms with Crippen LogP contribution in [0.15, 0.2) is 10.6 Å². The maximum Gasteiger partial charge on any atom is 0.226 e. The molecule has 0 saturated carbocycles. The van der Waals surface area contributed by atoms with Crippen LogP contribution >= 0.6 is 0 Å². The minimum Gasteiger partial charge on any atom is -0.381 e. The Morgan fingerprint density at radius 2 is 2.55 bits per heavy atom. The highest BCUT2D eigenvalue weighted by atomic mass is 16.5. The smallest absolute Gasteiger partial charge is 0.226 e. The van der Waals surface area contributed by atoms with Crippen LogP contribution in [0.1, 0.15) is 17.9 Å². The van der Waals surface area contributed by atoms with E-state index in [1.54, 1.807) is 6.07 Å². The molecule has 0 radical (unpaired) electrons. The van der Waals surface area contributed by atoms with E-state index in [0.29, 0.717) is 23.9 Å². The predicted molar refractivity (Wildman–Crippen MR) is 70.6 cm³/mol. The van der Waals surface area contributed by atoms with E-state index in [-0.39, 0.29) is 25.5 Å². The second-order valence-corrected chi connectivity index (χ2v) is 4.69. The molecule has 20 heavy (non-hydrogen) atoms. The van der Waals surface area contributed by atoms with E-state index in [2.05, 4.69) is 16.4 Å². The molecule has 1 aliphatic rings. The van der Waals surface area contributed by atoms with Gasteiger partial charge in [-0.25, -0.2) is 0 Å². The summed E-state index contributed by atoms with van der Waals surface area (Å²) in [4.78, 5) is 11.7. The SMILES string of the molecule is C#CCOCc1cc(CC(=O)NCC2CCOC2)no1. The molecule has 1 fully saturated rings. The number of amides is 1. The summed E-state index contributed by atoms with van der Waals surface area (Å²) in [6.07, 6.45) is 6.27. The van der Waals surface area contributed by atoms with Crippen molar-refractivity contribution in [1.82, 2.24) is 10.5 Å². The van der Waals surface area contributed by atoms with E-state index >= 15 is 0 Å². The molecule has 0 bridgehead atoms. The molecular formula is C14H18N2O4. The Kier molecular flexibility index (Phi) is 5.59. The zero-order valence-corrected chi connectivity index (χ0v) is 11.3. The van der Waals surface area contributed by atoms with Crippen LogP contribution in [0.5, 0.6) is 0 Å². The van der Waals surface area contributed by atoms with Crippen LogP contribution in [-0.4, -0.2) is 37.4 Å². The van der Waals surface area contributed by atoms with E-state index in [4.69, 9.17) is 20.4 Å². The van der Waals surface area contributed by atoms with Crippen LogP contribution in [0, 0.1) is 18.3 Å². The minimum atomic E-state index is -0.0682. The molecule has 0 aliphatic carbocycles. The van der Waals surface area contributed by atoms with Crippen molar-refractivity contribution in [2.75, 3.05) is 26.4 Å². The zero-order valence-electron chi connectivity index (χ0n) is 11.3. The van der Waals surface area contributed by atoms with Gasteiger partial charge < -0.3 is 19.3 Å². The Hall–Kier alpha value is -1.84. The Bertz CT molecular complexity index is 472. The van der Waals surface area contributed by atoms with Gasteiger partial charge in [0.15, 0.2) is 5.76 Å². The van der Waals surface area contributed by atoms with Gasteiger partial charge in [0.2, 0.25) is 5.91 Å². The maximum absolute atomic E-state index is 11.7. The van der Waals surface area contributed by atoms with E-state index in [0.717, 1.165) is 19.6 Å². The molecular weight excluding hydrogens is 260 g/mol. The fourth-order valence-corrected chi connectivity index (χ4v) is 1.95. The van der Waals surface area contributed by atoms with Crippen LogP contribution in [-0.2, 0) is 27.3 Å². The van der Waals surface area contributed by atoms with Crippen molar-refractivity contribution >= 4 is 5.91 Å². The van der Waals surface area contributed by atoms with Gasteiger partial charge in [-0.05, 0) is 6.42 Å². The average Bonchev–Trinajstić information content (AvgIpc) is 3.08. The minimum absolute atomic E-state index is 0.0682. The average molecular weight is 278 g/mol. The van der Waals surface area contributed by atoms with Crippen LogP contribution in [0.3, 0.4) is 0 Å². The molecule has 6 nitrogen and oxygen atoms in total. The third-order valence-electron chi connectivity index (χ3n) is 2.99. The molecule has 0 spiro atoms. The fraction of sp³-hybridized carbons (Fsp3) is 0.571. The van der Waals surface area contributed by atoms with Gasteiger partial charge in [-0.2, -0.15) is 0 Å². The van der Waals surface area contributed by atoms with Gasteiger partial charge in [0.1, 0.15) is 13.2 Å². The number of ether oxygens (including phenoxy) is 2. The second kappa shape index (κ2) is 7.68. The normalized spacial score (nSPS) is 17.9. The number of carbonyl (C=O) groups excluding carboxylic acids is 1. The number of nitrogens with one attached hydrogen (secondary N) is 1. The van der Waals surface area contributed by atoms with Crippen molar-refractivity contribution in [2.45, 2.75) is 19.4 Å². The molecule has 1 unspecified atom stereocenters. The Labute approximate surface area is 117 Å². The number of carbonyl (C=O) groups is 1. The fourth-order valence-electron chi connectivity index (χ4n) is 1.95. The molecule has 1 aromatic rings. The van der Waals surface area contributed by atoms with E-state index in [1.165, 1.54) is 0 Å². The van der Waals surface area contributed by atoms with Crippen LogP contribution in [0.25, 0.3) is 0 Å². The lowest BCUT2D eigenvalue weighted by atomic mass is 10.1. The van der Waals surface area contributed by atoms with E-state index in [1.807, 2.05) is 0 Å². The highest BCUT2D eigenvalue weighted by molar-refractivity contribution is 5.78. The van der Waals surface area contributed by atoms with E-state index < -0.39 is 0 Å². The number of aromatic nitrogens is 1. The molecule has 1 amide bonds. The highest BCUT2D eigenvalue weighted by Gasteiger charge is 2.17. The number of nitrogens with zero attached hydrogens (tertiary/aromatic N) is 1. The first-order chi connectivity index (χ1) is 9.78. The molecule has 2 heterocycles. The molecule has 1 saturated heterocycles. The number of rotatable bonds is 7. The Morgan fingerprint density at radius 1 is 1.65 bits per heavy atom. The molecule has 108 valence electrons. The number of hydrogen-bond acceptors (Lipinski definition) is 5. The first-order valence-electron chi connectivity index (χ1n) is 6.58. The molecule has 1 aromatic heterocycles. The van der Waals surface area contributed by atoms with Crippen LogP contribution < -0.4 is 5.32 Å². The summed E-state index contributed by atoms with van der Waals surface area (Å²) in [5, 5.41) is 6.70. The lowest BCUT2D eigenvalue weighted by Gasteiger charge is -2.08.